The van der Waals surface area contributed by atoms with Crippen molar-refractivity contribution in [2.24, 2.45) is 11.7 Å². The number of carbonyl (C=O) groups excluding carboxylic acids is 3. The van der Waals surface area contributed by atoms with E-state index in [1.54, 1.807) is 13.8 Å². The topological polar surface area (TPSA) is 171 Å². The number of rotatable bonds is 13. The van der Waals surface area contributed by atoms with Gasteiger partial charge in [-0.2, -0.15) is 24.4 Å². The van der Waals surface area contributed by atoms with Gasteiger partial charge in [-0.15, -0.1) is 0 Å². The fourth-order valence-corrected chi connectivity index (χ4v) is 2.83. The molecule has 0 aromatic carbocycles. The minimum Gasteiger partial charge on any atom is -0.480 e. The van der Waals surface area contributed by atoms with Crippen molar-refractivity contribution in [3.63, 3.8) is 0 Å². The van der Waals surface area contributed by atoms with Crippen molar-refractivity contribution in [1.82, 2.24) is 16.0 Å². The third-order valence-corrected chi connectivity index (χ3v) is 4.83. The molecule has 12 heteroatoms. The summed E-state index contributed by atoms with van der Waals surface area (Å²) in [6.07, 6.45) is 2.07. The van der Waals surface area contributed by atoms with Crippen LogP contribution in [0.1, 0.15) is 20.3 Å². The fraction of sp³-hybridized carbons (Fsp3) is 0.750. The Morgan fingerprint density at radius 2 is 1.61 bits per heavy atom. The van der Waals surface area contributed by atoms with Crippen molar-refractivity contribution in [1.29, 1.82) is 0 Å². The maximum absolute atomic E-state index is 12.5. The molecule has 0 heterocycles. The van der Waals surface area contributed by atoms with Crippen molar-refractivity contribution >= 4 is 48.1 Å². The normalized spacial score (nSPS) is 15.2. The first-order valence-corrected chi connectivity index (χ1v) is 10.7. The molecule has 7 N–H and O–H groups in total. The van der Waals surface area contributed by atoms with Crippen LogP contribution in [0.2, 0.25) is 0 Å². The van der Waals surface area contributed by atoms with Gasteiger partial charge < -0.3 is 31.9 Å². The molecular weight excluding hydrogens is 408 g/mol. The number of aliphatic carboxylic acids is 1. The van der Waals surface area contributed by atoms with Crippen molar-refractivity contribution in [2.45, 2.75) is 44.4 Å². The first kappa shape index (κ1) is 26.5. The van der Waals surface area contributed by atoms with Crippen LogP contribution in [0, 0.1) is 5.92 Å². The summed E-state index contributed by atoms with van der Waals surface area (Å²) in [4.78, 5) is 48.1. The Kier molecular flexibility index (Phi) is 12.9. The minimum absolute atomic E-state index is 0.0619. The van der Waals surface area contributed by atoms with Crippen LogP contribution in [0.15, 0.2) is 0 Å². The average Bonchev–Trinajstić information content (AvgIpc) is 2.65. The third kappa shape index (κ3) is 9.13. The van der Waals surface area contributed by atoms with Gasteiger partial charge in [0.05, 0.1) is 6.61 Å². The number of thioether (sulfide) groups is 1. The number of thiol groups is 1. The molecule has 28 heavy (non-hydrogen) atoms. The molecule has 10 nitrogen and oxygen atoms in total. The zero-order valence-electron chi connectivity index (χ0n) is 16.2. The summed E-state index contributed by atoms with van der Waals surface area (Å²) in [7, 11) is 0. The Hall–Kier alpha value is -1.50. The first-order chi connectivity index (χ1) is 13.1. The summed E-state index contributed by atoms with van der Waals surface area (Å²) >= 11 is 5.47. The van der Waals surface area contributed by atoms with Crippen LogP contribution < -0.4 is 21.7 Å². The molecule has 0 saturated heterocycles. The van der Waals surface area contributed by atoms with Crippen LogP contribution >= 0.6 is 24.4 Å². The molecule has 0 fully saturated rings. The number of nitrogens with one attached hydrogen (secondary N) is 3. The highest BCUT2D eigenvalue weighted by atomic mass is 32.2. The van der Waals surface area contributed by atoms with Gasteiger partial charge in [-0.3, -0.25) is 14.4 Å². The van der Waals surface area contributed by atoms with E-state index in [0.717, 1.165) is 0 Å². The number of carboxylic acid groups (broad SMARTS) is 1. The molecule has 4 atom stereocenters. The number of hydrogen-bond acceptors (Lipinski definition) is 8. The summed E-state index contributed by atoms with van der Waals surface area (Å²) in [6, 6.07) is -4.34. The minimum atomic E-state index is -1.19. The maximum Gasteiger partial charge on any atom is 0.326 e. The lowest BCUT2D eigenvalue weighted by atomic mass is 10.0. The highest BCUT2D eigenvalue weighted by Crippen LogP contribution is 2.06. The number of carbonyl (C=O) groups is 4. The van der Waals surface area contributed by atoms with Crippen molar-refractivity contribution in [3.8, 4) is 0 Å². The Morgan fingerprint density at radius 1 is 1.04 bits per heavy atom. The number of nitrogens with two attached hydrogens (primary N) is 1. The monoisotopic (exact) mass is 438 g/mol. The van der Waals surface area contributed by atoms with Gasteiger partial charge in [0.25, 0.3) is 0 Å². The number of aliphatic hydroxyl groups is 1. The second-order valence-corrected chi connectivity index (χ2v) is 7.79. The molecule has 0 aliphatic heterocycles. The highest BCUT2D eigenvalue weighted by Gasteiger charge is 2.31. The van der Waals surface area contributed by atoms with Gasteiger partial charge in [0.2, 0.25) is 17.7 Å². The first-order valence-electron chi connectivity index (χ1n) is 8.69. The lowest BCUT2D eigenvalue weighted by Crippen LogP contribution is -2.59. The van der Waals surface area contributed by atoms with Gasteiger partial charge in [0.1, 0.15) is 24.2 Å². The van der Waals surface area contributed by atoms with Gasteiger partial charge >= 0.3 is 5.97 Å². The molecule has 0 aliphatic carbocycles. The van der Waals surface area contributed by atoms with Crippen LogP contribution in [-0.4, -0.2) is 82.4 Å². The number of aliphatic hydroxyl groups excluding tert-OH is 1. The van der Waals surface area contributed by atoms with Gasteiger partial charge in [0, 0.05) is 5.75 Å². The van der Waals surface area contributed by atoms with E-state index in [-0.39, 0.29) is 18.1 Å². The molecule has 0 saturated carbocycles. The zero-order valence-corrected chi connectivity index (χ0v) is 17.9. The Bertz CT molecular complexity index is 549. The largest absolute Gasteiger partial charge is 0.480 e. The summed E-state index contributed by atoms with van der Waals surface area (Å²) in [6.45, 7) is 2.80. The second-order valence-electron chi connectivity index (χ2n) is 6.44. The average molecular weight is 439 g/mol. The van der Waals surface area contributed by atoms with E-state index in [2.05, 4.69) is 28.6 Å². The molecular formula is C16H30N4O6S2. The Morgan fingerprint density at radius 3 is 2.04 bits per heavy atom. The van der Waals surface area contributed by atoms with Gasteiger partial charge in [-0.1, -0.05) is 13.8 Å². The highest BCUT2D eigenvalue weighted by molar-refractivity contribution is 7.98. The van der Waals surface area contributed by atoms with Crippen molar-refractivity contribution < 1.29 is 29.4 Å². The summed E-state index contributed by atoms with van der Waals surface area (Å²) in [5.41, 5.74) is 5.40. The van der Waals surface area contributed by atoms with E-state index in [0.29, 0.717) is 5.75 Å². The molecule has 4 unspecified atom stereocenters. The molecule has 0 rings (SSSR count). The second kappa shape index (κ2) is 13.6. The maximum atomic E-state index is 12.5. The number of hydrogen-bond donors (Lipinski definition) is 7. The van der Waals surface area contributed by atoms with Crippen LogP contribution in [0.5, 0.6) is 0 Å². The van der Waals surface area contributed by atoms with E-state index in [4.69, 9.17) is 10.8 Å². The van der Waals surface area contributed by atoms with E-state index in [1.807, 2.05) is 6.26 Å². The fourth-order valence-electron chi connectivity index (χ4n) is 2.10. The van der Waals surface area contributed by atoms with Crippen LogP contribution in [-0.2, 0) is 19.2 Å². The van der Waals surface area contributed by atoms with Gasteiger partial charge in [-0.05, 0) is 24.3 Å². The van der Waals surface area contributed by atoms with E-state index in [1.165, 1.54) is 11.8 Å². The number of carboxylic acids is 1. The predicted molar refractivity (Wildman–Crippen MR) is 110 cm³/mol. The molecule has 0 radical (unpaired) electrons. The summed E-state index contributed by atoms with van der Waals surface area (Å²) < 4.78 is 0. The smallest absolute Gasteiger partial charge is 0.326 e. The number of amides is 3. The van der Waals surface area contributed by atoms with Crippen molar-refractivity contribution in [3.05, 3.63) is 0 Å². The third-order valence-electron chi connectivity index (χ3n) is 3.82. The predicted octanol–water partition coefficient (Wildman–Crippen LogP) is -1.82. The zero-order chi connectivity index (χ0) is 21.9. The quantitative estimate of drug-likeness (QED) is 0.165. The molecule has 0 aromatic rings. The van der Waals surface area contributed by atoms with Crippen molar-refractivity contribution in [2.75, 3.05) is 24.4 Å². The molecule has 0 bridgehead atoms. The van der Waals surface area contributed by atoms with Crippen LogP contribution in [0.4, 0.5) is 0 Å². The lowest BCUT2D eigenvalue weighted by molar-refractivity contribution is -0.142. The van der Waals surface area contributed by atoms with Crippen LogP contribution in [0.25, 0.3) is 0 Å². The molecule has 0 aromatic heterocycles. The van der Waals surface area contributed by atoms with Gasteiger partial charge in [0.15, 0.2) is 0 Å². The standard InChI is InChI=1S/C16H30N4O6S2/c1-8(2)12(15(24)18-10(16(25)26)4-5-28-3)20-14(23)11(7-27)19-13(22)9(17)6-21/h8-12,21,27H,4-7,17H2,1-3H3,(H,18,24)(H,19,22)(H,20,23)(H,25,26). The summed E-state index contributed by atoms with van der Waals surface area (Å²) in [5.74, 6) is -3.04. The molecule has 0 spiro atoms. The lowest BCUT2D eigenvalue weighted by Gasteiger charge is -2.26. The Balaban J connectivity index is 5.10. The van der Waals surface area contributed by atoms with E-state index >= 15 is 0 Å². The molecule has 162 valence electrons. The van der Waals surface area contributed by atoms with E-state index < -0.39 is 54.5 Å². The molecule has 0 aliphatic rings. The molecule has 3 amide bonds. The summed E-state index contributed by atoms with van der Waals surface area (Å²) in [5, 5.41) is 25.5. The Labute approximate surface area is 174 Å². The SMILES string of the molecule is CSCCC(NC(=O)C(NC(=O)C(CS)NC(=O)C(N)CO)C(C)C)C(=O)O. The van der Waals surface area contributed by atoms with Crippen LogP contribution in [0.3, 0.4) is 0 Å². The van der Waals surface area contributed by atoms with Gasteiger partial charge in [-0.25, -0.2) is 4.79 Å². The van der Waals surface area contributed by atoms with E-state index in [9.17, 15) is 24.3 Å².